The van der Waals surface area contributed by atoms with Crippen LogP contribution in [0, 0.1) is 0 Å². The van der Waals surface area contributed by atoms with Crippen LogP contribution in [0.5, 0.6) is 0 Å². The molecule has 3 heteroatoms. The molecule has 0 saturated carbocycles. The molecule has 56 valence electrons. The average molecular weight is 135 g/mol. The van der Waals surface area contributed by atoms with E-state index in [2.05, 4.69) is 0 Å². The third kappa shape index (κ3) is 4.36. The zero-order valence-corrected chi connectivity index (χ0v) is 5.98. The van der Waals surface area contributed by atoms with Gasteiger partial charge < -0.3 is 10.5 Å². The van der Waals surface area contributed by atoms with E-state index in [0.717, 1.165) is 0 Å². The van der Waals surface area contributed by atoms with Crippen molar-refractivity contribution in [3.63, 3.8) is 0 Å². The van der Waals surface area contributed by atoms with E-state index in [1.54, 1.807) is 0 Å². The normalized spacial score (nSPS) is 17.3. The van der Waals surface area contributed by atoms with Crippen molar-refractivity contribution in [2.75, 3.05) is 19.8 Å². The molecule has 2 N–H and O–H groups in total. The molecule has 1 atom stereocenters. The summed E-state index contributed by atoms with van der Waals surface area (Å²) in [5, 5.41) is 0. The highest BCUT2D eigenvalue weighted by Crippen LogP contribution is 2.06. The molecule has 0 radical (unpaired) electrons. The van der Waals surface area contributed by atoms with Gasteiger partial charge in [0, 0.05) is 13.2 Å². The molecule has 1 unspecified atom stereocenters. The maximum atomic E-state index is 12.8. The lowest BCUT2D eigenvalue weighted by Gasteiger charge is -2.16. The van der Waals surface area contributed by atoms with Gasteiger partial charge in [0.1, 0.15) is 5.67 Å². The van der Waals surface area contributed by atoms with Crippen LogP contribution in [0.25, 0.3) is 0 Å². The van der Waals surface area contributed by atoms with E-state index in [1.807, 2.05) is 6.92 Å². The zero-order valence-electron chi connectivity index (χ0n) is 5.98. The Morgan fingerprint density at radius 1 is 1.67 bits per heavy atom. The first-order valence-electron chi connectivity index (χ1n) is 3.09. The van der Waals surface area contributed by atoms with Crippen LogP contribution in [0.4, 0.5) is 4.39 Å². The topological polar surface area (TPSA) is 35.2 Å². The summed E-state index contributed by atoms with van der Waals surface area (Å²) in [6.45, 7) is 3.92. The lowest BCUT2D eigenvalue weighted by atomic mass is 10.1. The standard InChI is InChI=1S/C6H14FNO/c1-3-9-5-6(2,7)4-8/h3-5,8H2,1-2H3. The van der Waals surface area contributed by atoms with Gasteiger partial charge in [0.05, 0.1) is 6.61 Å². The molecular formula is C6H14FNO. The first-order chi connectivity index (χ1) is 4.12. The molecule has 0 saturated heterocycles. The smallest absolute Gasteiger partial charge is 0.143 e. The van der Waals surface area contributed by atoms with E-state index < -0.39 is 5.67 Å². The summed E-state index contributed by atoms with van der Waals surface area (Å²) in [5.41, 5.74) is 3.74. The van der Waals surface area contributed by atoms with Gasteiger partial charge in [0.15, 0.2) is 0 Å². The molecule has 0 heterocycles. The maximum Gasteiger partial charge on any atom is 0.143 e. The van der Waals surface area contributed by atoms with Gasteiger partial charge in [-0.2, -0.15) is 0 Å². The molecule has 0 aliphatic heterocycles. The molecular weight excluding hydrogens is 121 g/mol. The number of halogens is 1. The minimum absolute atomic E-state index is 0.0208. The van der Waals surface area contributed by atoms with E-state index in [1.165, 1.54) is 6.92 Å². The van der Waals surface area contributed by atoms with Gasteiger partial charge in [-0.05, 0) is 13.8 Å². The fourth-order valence-electron chi connectivity index (χ4n) is 0.374. The van der Waals surface area contributed by atoms with Crippen molar-refractivity contribution in [3.05, 3.63) is 0 Å². The number of ether oxygens (including phenoxy) is 1. The zero-order chi connectivity index (χ0) is 7.33. The molecule has 0 aliphatic rings. The molecule has 2 nitrogen and oxygen atoms in total. The van der Waals surface area contributed by atoms with E-state index >= 15 is 0 Å². The van der Waals surface area contributed by atoms with Gasteiger partial charge in [-0.15, -0.1) is 0 Å². The van der Waals surface area contributed by atoms with Crippen molar-refractivity contribution < 1.29 is 9.13 Å². The molecule has 0 aromatic rings. The molecule has 0 spiro atoms. The SMILES string of the molecule is CCOCC(C)(F)CN. The predicted octanol–water partition coefficient (Wildman–Crippen LogP) is 0.710. The highest BCUT2D eigenvalue weighted by Gasteiger charge is 2.20. The fraction of sp³-hybridized carbons (Fsp3) is 1.00. The van der Waals surface area contributed by atoms with Crippen LogP contribution in [0.15, 0.2) is 0 Å². The summed E-state index contributed by atoms with van der Waals surface area (Å²) in [6, 6.07) is 0. The highest BCUT2D eigenvalue weighted by atomic mass is 19.1. The molecule has 0 aromatic heterocycles. The first kappa shape index (κ1) is 8.85. The van der Waals surface area contributed by atoms with E-state index in [9.17, 15) is 4.39 Å². The highest BCUT2D eigenvalue weighted by molar-refractivity contribution is 4.72. The van der Waals surface area contributed by atoms with Gasteiger partial charge in [0.2, 0.25) is 0 Å². The van der Waals surface area contributed by atoms with Crippen molar-refractivity contribution in [3.8, 4) is 0 Å². The van der Waals surface area contributed by atoms with Crippen molar-refractivity contribution in [1.82, 2.24) is 0 Å². The maximum absolute atomic E-state index is 12.8. The Kier molecular flexibility index (Phi) is 3.73. The minimum Gasteiger partial charge on any atom is -0.378 e. The second kappa shape index (κ2) is 3.80. The summed E-state index contributed by atoms with van der Waals surface area (Å²) >= 11 is 0. The van der Waals surface area contributed by atoms with Crippen LogP contribution < -0.4 is 5.73 Å². The number of hydrogen-bond donors (Lipinski definition) is 1. The minimum atomic E-state index is -1.35. The van der Waals surface area contributed by atoms with Crippen LogP contribution in [0.3, 0.4) is 0 Å². The third-order valence-electron chi connectivity index (χ3n) is 1.03. The molecule has 0 aromatic carbocycles. The second-order valence-corrected chi connectivity index (χ2v) is 2.25. The average Bonchev–Trinajstić information content (AvgIpc) is 1.84. The molecule has 0 rings (SSSR count). The Balaban J connectivity index is 3.33. The molecule has 0 fully saturated rings. The number of hydrogen-bond acceptors (Lipinski definition) is 2. The Morgan fingerprint density at radius 2 is 2.22 bits per heavy atom. The summed E-state index contributed by atoms with van der Waals surface area (Å²) in [5.74, 6) is 0. The lowest BCUT2D eigenvalue weighted by Crippen LogP contribution is -2.34. The summed E-state index contributed by atoms with van der Waals surface area (Å²) in [6.07, 6.45) is 0. The largest absolute Gasteiger partial charge is 0.378 e. The van der Waals surface area contributed by atoms with Crippen LogP contribution in [-0.2, 0) is 4.74 Å². The monoisotopic (exact) mass is 135 g/mol. The van der Waals surface area contributed by atoms with E-state index in [-0.39, 0.29) is 13.2 Å². The fourth-order valence-corrected chi connectivity index (χ4v) is 0.374. The van der Waals surface area contributed by atoms with Crippen molar-refractivity contribution in [1.29, 1.82) is 0 Å². The first-order valence-corrected chi connectivity index (χ1v) is 3.09. The number of nitrogens with two attached hydrogens (primary N) is 1. The quantitative estimate of drug-likeness (QED) is 0.616. The van der Waals surface area contributed by atoms with E-state index in [4.69, 9.17) is 10.5 Å². The lowest BCUT2D eigenvalue weighted by molar-refractivity contribution is 0.0373. The molecule has 0 amide bonds. The summed E-state index contributed by atoms with van der Waals surface area (Å²) < 4.78 is 17.6. The van der Waals surface area contributed by atoms with Gasteiger partial charge in [-0.1, -0.05) is 0 Å². The van der Waals surface area contributed by atoms with Gasteiger partial charge in [0.25, 0.3) is 0 Å². The van der Waals surface area contributed by atoms with E-state index in [0.29, 0.717) is 6.61 Å². The molecule has 9 heavy (non-hydrogen) atoms. The van der Waals surface area contributed by atoms with Crippen molar-refractivity contribution in [2.45, 2.75) is 19.5 Å². The number of alkyl halides is 1. The molecule has 0 bridgehead atoms. The predicted molar refractivity (Wildman–Crippen MR) is 35.1 cm³/mol. The number of rotatable bonds is 4. The summed E-state index contributed by atoms with van der Waals surface area (Å²) in [7, 11) is 0. The van der Waals surface area contributed by atoms with Crippen molar-refractivity contribution >= 4 is 0 Å². The summed E-state index contributed by atoms with van der Waals surface area (Å²) in [4.78, 5) is 0. The Bertz CT molecular complexity index is 75.5. The van der Waals surface area contributed by atoms with Crippen molar-refractivity contribution in [2.24, 2.45) is 5.73 Å². The van der Waals surface area contributed by atoms with Crippen LogP contribution >= 0.6 is 0 Å². The Hall–Kier alpha value is -0.150. The van der Waals surface area contributed by atoms with Crippen LogP contribution in [0.2, 0.25) is 0 Å². The second-order valence-electron chi connectivity index (χ2n) is 2.25. The Morgan fingerprint density at radius 3 is 2.56 bits per heavy atom. The third-order valence-corrected chi connectivity index (χ3v) is 1.03. The van der Waals surface area contributed by atoms with Gasteiger partial charge in [-0.25, -0.2) is 4.39 Å². The van der Waals surface area contributed by atoms with Gasteiger partial charge >= 0.3 is 0 Å². The van der Waals surface area contributed by atoms with Crippen LogP contribution in [-0.4, -0.2) is 25.4 Å². The van der Waals surface area contributed by atoms with Crippen LogP contribution in [0.1, 0.15) is 13.8 Å². The molecule has 0 aliphatic carbocycles. The Labute approximate surface area is 55.2 Å². The van der Waals surface area contributed by atoms with Gasteiger partial charge in [-0.3, -0.25) is 0 Å².